The van der Waals surface area contributed by atoms with E-state index in [-0.39, 0.29) is 6.61 Å². The second-order valence-electron chi connectivity index (χ2n) is 3.94. The standard InChI is InChI=1S/C11H20O/c1-10(7-8-12)9-11-5-3-2-4-6-11/h7,11-12H,2-6,8-9H2,1H3. The van der Waals surface area contributed by atoms with Gasteiger partial charge in [0.15, 0.2) is 0 Å². The second-order valence-corrected chi connectivity index (χ2v) is 3.94. The van der Waals surface area contributed by atoms with Crippen LogP contribution in [0.2, 0.25) is 0 Å². The zero-order valence-corrected chi connectivity index (χ0v) is 8.05. The number of hydrogen-bond acceptors (Lipinski definition) is 1. The molecule has 0 heterocycles. The van der Waals surface area contributed by atoms with Gasteiger partial charge in [0.25, 0.3) is 0 Å². The zero-order valence-electron chi connectivity index (χ0n) is 8.05. The van der Waals surface area contributed by atoms with Crippen molar-refractivity contribution in [3.8, 4) is 0 Å². The van der Waals surface area contributed by atoms with Gasteiger partial charge >= 0.3 is 0 Å². The lowest BCUT2D eigenvalue weighted by molar-refractivity contribution is 0.336. The summed E-state index contributed by atoms with van der Waals surface area (Å²) in [7, 11) is 0. The van der Waals surface area contributed by atoms with Gasteiger partial charge in [0.05, 0.1) is 6.61 Å². The lowest BCUT2D eigenvalue weighted by atomic mass is 9.85. The van der Waals surface area contributed by atoms with Gasteiger partial charge in [-0.25, -0.2) is 0 Å². The molecule has 0 spiro atoms. The van der Waals surface area contributed by atoms with Crippen molar-refractivity contribution >= 4 is 0 Å². The van der Waals surface area contributed by atoms with Crippen molar-refractivity contribution in [1.82, 2.24) is 0 Å². The van der Waals surface area contributed by atoms with Crippen LogP contribution in [-0.4, -0.2) is 11.7 Å². The Balaban J connectivity index is 2.24. The van der Waals surface area contributed by atoms with Crippen molar-refractivity contribution in [2.45, 2.75) is 45.4 Å². The molecule has 1 fully saturated rings. The Morgan fingerprint density at radius 3 is 2.58 bits per heavy atom. The smallest absolute Gasteiger partial charge is 0.0614 e. The Bertz CT molecular complexity index is 143. The molecule has 0 aliphatic heterocycles. The summed E-state index contributed by atoms with van der Waals surface area (Å²) in [5.74, 6) is 0.904. The van der Waals surface area contributed by atoms with Crippen molar-refractivity contribution in [2.24, 2.45) is 5.92 Å². The summed E-state index contributed by atoms with van der Waals surface area (Å²) in [5, 5.41) is 8.69. The highest BCUT2D eigenvalue weighted by Gasteiger charge is 2.12. The maximum Gasteiger partial charge on any atom is 0.0614 e. The summed E-state index contributed by atoms with van der Waals surface area (Å²) in [6.45, 7) is 2.34. The Morgan fingerprint density at radius 1 is 1.33 bits per heavy atom. The highest BCUT2D eigenvalue weighted by atomic mass is 16.2. The first-order valence-electron chi connectivity index (χ1n) is 5.09. The minimum Gasteiger partial charge on any atom is -0.392 e. The van der Waals surface area contributed by atoms with Crippen molar-refractivity contribution in [3.05, 3.63) is 11.6 Å². The summed E-state index contributed by atoms with van der Waals surface area (Å²) in [6, 6.07) is 0. The van der Waals surface area contributed by atoms with E-state index in [0.717, 1.165) is 5.92 Å². The first kappa shape index (κ1) is 9.79. The van der Waals surface area contributed by atoms with Crippen LogP contribution >= 0.6 is 0 Å². The zero-order chi connectivity index (χ0) is 8.81. The van der Waals surface area contributed by atoms with Crippen molar-refractivity contribution in [2.75, 3.05) is 6.61 Å². The molecule has 1 aliphatic carbocycles. The fourth-order valence-electron chi connectivity index (χ4n) is 2.09. The van der Waals surface area contributed by atoms with Crippen LogP contribution in [0.5, 0.6) is 0 Å². The molecule has 1 heteroatoms. The van der Waals surface area contributed by atoms with Crippen molar-refractivity contribution in [3.63, 3.8) is 0 Å². The largest absolute Gasteiger partial charge is 0.392 e. The van der Waals surface area contributed by atoms with Crippen LogP contribution in [0.3, 0.4) is 0 Å². The van der Waals surface area contributed by atoms with Gasteiger partial charge in [-0.3, -0.25) is 0 Å². The number of hydrogen-bond donors (Lipinski definition) is 1. The van der Waals surface area contributed by atoms with E-state index in [1.165, 1.54) is 44.1 Å². The summed E-state index contributed by atoms with van der Waals surface area (Å²) >= 11 is 0. The van der Waals surface area contributed by atoms with Crippen LogP contribution in [0, 0.1) is 5.92 Å². The van der Waals surface area contributed by atoms with Gasteiger partial charge in [-0.1, -0.05) is 43.8 Å². The number of allylic oxidation sites excluding steroid dienone is 1. The molecule has 0 unspecified atom stereocenters. The van der Waals surface area contributed by atoms with Crippen LogP contribution in [0.4, 0.5) is 0 Å². The second kappa shape index (κ2) is 5.36. The summed E-state index contributed by atoms with van der Waals surface area (Å²) in [5.41, 5.74) is 1.37. The Morgan fingerprint density at radius 2 is 2.00 bits per heavy atom. The van der Waals surface area contributed by atoms with Crippen molar-refractivity contribution < 1.29 is 5.11 Å². The third kappa shape index (κ3) is 3.40. The topological polar surface area (TPSA) is 20.2 Å². The van der Waals surface area contributed by atoms with E-state index in [9.17, 15) is 0 Å². The molecule has 1 rings (SSSR count). The molecule has 1 N–H and O–H groups in total. The third-order valence-electron chi connectivity index (χ3n) is 2.78. The van der Waals surface area contributed by atoms with E-state index in [4.69, 9.17) is 5.11 Å². The molecule has 0 radical (unpaired) electrons. The molecule has 0 aromatic rings. The first-order chi connectivity index (χ1) is 5.83. The van der Waals surface area contributed by atoms with Crippen LogP contribution in [0.1, 0.15) is 45.4 Å². The third-order valence-corrected chi connectivity index (χ3v) is 2.78. The normalized spacial score (nSPS) is 21.3. The molecular formula is C11H20O. The van der Waals surface area contributed by atoms with Crippen LogP contribution in [-0.2, 0) is 0 Å². The summed E-state index contributed by atoms with van der Waals surface area (Å²) in [4.78, 5) is 0. The highest BCUT2D eigenvalue weighted by molar-refractivity contribution is 4.99. The molecular weight excluding hydrogens is 148 g/mol. The molecule has 1 saturated carbocycles. The average molecular weight is 168 g/mol. The molecule has 1 aliphatic rings. The van der Waals surface area contributed by atoms with Crippen LogP contribution in [0.15, 0.2) is 11.6 Å². The molecule has 12 heavy (non-hydrogen) atoms. The van der Waals surface area contributed by atoms with Gasteiger partial charge in [-0.15, -0.1) is 0 Å². The maximum atomic E-state index is 8.69. The van der Waals surface area contributed by atoms with Gasteiger partial charge in [0, 0.05) is 0 Å². The summed E-state index contributed by atoms with van der Waals surface area (Å²) < 4.78 is 0. The molecule has 70 valence electrons. The number of aliphatic hydroxyl groups is 1. The lowest BCUT2D eigenvalue weighted by Gasteiger charge is -2.21. The quantitative estimate of drug-likeness (QED) is 0.642. The molecule has 0 amide bonds. The highest BCUT2D eigenvalue weighted by Crippen LogP contribution is 2.28. The fraction of sp³-hybridized carbons (Fsp3) is 0.818. The Hall–Kier alpha value is -0.300. The lowest BCUT2D eigenvalue weighted by Crippen LogP contribution is -2.06. The molecule has 0 aromatic heterocycles. The summed E-state index contributed by atoms with van der Waals surface area (Å²) in [6.07, 6.45) is 10.2. The van der Waals surface area contributed by atoms with E-state index >= 15 is 0 Å². The predicted molar refractivity (Wildman–Crippen MR) is 52.0 cm³/mol. The molecule has 0 aromatic carbocycles. The van der Waals surface area contributed by atoms with E-state index in [0.29, 0.717) is 0 Å². The van der Waals surface area contributed by atoms with E-state index in [2.05, 4.69) is 6.92 Å². The van der Waals surface area contributed by atoms with Gasteiger partial charge in [0.1, 0.15) is 0 Å². The SMILES string of the molecule is CC(=CCO)CC1CCCCC1. The molecule has 1 nitrogen and oxygen atoms in total. The minimum atomic E-state index is 0.207. The first-order valence-corrected chi connectivity index (χ1v) is 5.09. The van der Waals surface area contributed by atoms with Gasteiger partial charge in [0.2, 0.25) is 0 Å². The Labute approximate surface area is 75.5 Å². The van der Waals surface area contributed by atoms with E-state index in [1.54, 1.807) is 0 Å². The van der Waals surface area contributed by atoms with Crippen molar-refractivity contribution in [1.29, 1.82) is 0 Å². The molecule has 0 bridgehead atoms. The van der Waals surface area contributed by atoms with Crippen LogP contribution in [0.25, 0.3) is 0 Å². The fourth-order valence-corrected chi connectivity index (χ4v) is 2.09. The van der Waals surface area contributed by atoms with Gasteiger partial charge in [-0.05, 0) is 19.3 Å². The van der Waals surface area contributed by atoms with Crippen LogP contribution < -0.4 is 0 Å². The average Bonchev–Trinajstić information content (AvgIpc) is 2.06. The predicted octanol–water partition coefficient (Wildman–Crippen LogP) is 2.90. The monoisotopic (exact) mass is 168 g/mol. The van der Waals surface area contributed by atoms with Gasteiger partial charge < -0.3 is 5.11 Å². The van der Waals surface area contributed by atoms with E-state index in [1.807, 2.05) is 6.08 Å². The number of aliphatic hydroxyl groups excluding tert-OH is 1. The Kier molecular flexibility index (Phi) is 4.37. The molecule has 0 saturated heterocycles. The number of rotatable bonds is 3. The maximum absolute atomic E-state index is 8.69. The van der Waals surface area contributed by atoms with Gasteiger partial charge in [-0.2, -0.15) is 0 Å². The molecule has 0 atom stereocenters. The van der Waals surface area contributed by atoms with E-state index < -0.39 is 0 Å². The minimum absolute atomic E-state index is 0.207.